The molecule has 0 unspecified atom stereocenters. The summed E-state index contributed by atoms with van der Waals surface area (Å²) in [7, 11) is 0. The van der Waals surface area contributed by atoms with Crippen LogP contribution in [0.5, 0.6) is 0 Å². The maximum atomic E-state index is 12.8. The van der Waals surface area contributed by atoms with E-state index in [4.69, 9.17) is 4.52 Å². The first-order valence-electron chi connectivity index (χ1n) is 7.10. The lowest BCUT2D eigenvalue weighted by Gasteiger charge is -2.08. The second-order valence-corrected chi connectivity index (χ2v) is 5.17. The number of rotatable bonds is 4. The van der Waals surface area contributed by atoms with E-state index in [1.165, 1.54) is 24.3 Å². The second kappa shape index (κ2) is 6.43. The zero-order valence-electron chi connectivity index (χ0n) is 12.8. The molecule has 0 bridgehead atoms. The molecule has 26 heavy (non-hydrogen) atoms. The van der Waals surface area contributed by atoms with Gasteiger partial charge in [-0.1, -0.05) is 17.3 Å². The molecular weight excluding hydrogens is 357 g/mol. The van der Waals surface area contributed by atoms with Crippen molar-refractivity contribution in [2.45, 2.75) is 12.7 Å². The third-order valence-corrected chi connectivity index (χ3v) is 3.41. The summed E-state index contributed by atoms with van der Waals surface area (Å²) in [5.41, 5.74) is -2.43. The molecule has 2 heterocycles. The Balaban J connectivity index is 1.89. The van der Waals surface area contributed by atoms with E-state index in [0.717, 1.165) is 16.8 Å². The van der Waals surface area contributed by atoms with Gasteiger partial charge in [-0.05, 0) is 12.1 Å². The Morgan fingerprint density at radius 1 is 1.23 bits per heavy atom. The topological polar surface area (TPSA) is 104 Å². The Hall–Kier alpha value is -3.50. The van der Waals surface area contributed by atoms with Crippen molar-refractivity contribution in [1.82, 2.24) is 14.7 Å². The maximum Gasteiger partial charge on any atom is 0.421 e. The van der Waals surface area contributed by atoms with E-state index in [2.05, 4.69) is 10.1 Å². The first-order chi connectivity index (χ1) is 12.3. The molecule has 0 saturated carbocycles. The second-order valence-electron chi connectivity index (χ2n) is 5.17. The minimum absolute atomic E-state index is 0.0173. The number of benzene rings is 1. The van der Waals surface area contributed by atoms with E-state index < -0.39 is 22.2 Å². The fraction of sp³-hybridized carbons (Fsp3) is 0.133. The van der Waals surface area contributed by atoms with Crippen molar-refractivity contribution >= 4 is 5.69 Å². The molecule has 134 valence electrons. The van der Waals surface area contributed by atoms with Crippen LogP contribution in [0.15, 0.2) is 51.9 Å². The Kier molecular flexibility index (Phi) is 4.28. The monoisotopic (exact) mass is 366 g/mol. The van der Waals surface area contributed by atoms with Gasteiger partial charge >= 0.3 is 6.18 Å². The van der Waals surface area contributed by atoms with Crippen LogP contribution >= 0.6 is 0 Å². The predicted octanol–water partition coefficient (Wildman–Crippen LogP) is 2.87. The minimum Gasteiger partial charge on any atom is -0.337 e. The van der Waals surface area contributed by atoms with Gasteiger partial charge in [0.15, 0.2) is 0 Å². The zero-order chi connectivity index (χ0) is 18.9. The largest absolute Gasteiger partial charge is 0.421 e. The normalized spacial score (nSPS) is 11.5. The summed E-state index contributed by atoms with van der Waals surface area (Å²) < 4.78 is 44.0. The smallest absolute Gasteiger partial charge is 0.337 e. The highest BCUT2D eigenvalue weighted by Gasteiger charge is 2.34. The molecule has 8 nitrogen and oxygen atoms in total. The number of aromatic nitrogens is 3. The number of nitro groups is 1. The maximum absolute atomic E-state index is 12.8. The molecule has 0 atom stereocenters. The fourth-order valence-corrected chi connectivity index (χ4v) is 2.22. The highest BCUT2D eigenvalue weighted by atomic mass is 19.4. The van der Waals surface area contributed by atoms with Crippen molar-refractivity contribution in [3.63, 3.8) is 0 Å². The Morgan fingerprint density at radius 2 is 2.00 bits per heavy atom. The Labute approximate surface area is 142 Å². The van der Waals surface area contributed by atoms with Crippen LogP contribution in [-0.2, 0) is 12.7 Å². The van der Waals surface area contributed by atoms with Crippen LogP contribution in [0.4, 0.5) is 18.9 Å². The van der Waals surface area contributed by atoms with Gasteiger partial charge in [-0.15, -0.1) is 0 Å². The summed E-state index contributed by atoms with van der Waals surface area (Å²) in [6, 6.07) is 7.22. The van der Waals surface area contributed by atoms with Crippen LogP contribution in [0.25, 0.3) is 11.4 Å². The average molecular weight is 366 g/mol. The van der Waals surface area contributed by atoms with Gasteiger partial charge in [0.05, 0.1) is 4.92 Å². The van der Waals surface area contributed by atoms with Crippen molar-refractivity contribution in [2.24, 2.45) is 0 Å². The van der Waals surface area contributed by atoms with Gasteiger partial charge in [0, 0.05) is 23.9 Å². The molecule has 0 fully saturated rings. The first-order valence-corrected chi connectivity index (χ1v) is 7.10. The van der Waals surface area contributed by atoms with Gasteiger partial charge in [-0.2, -0.15) is 18.2 Å². The van der Waals surface area contributed by atoms with Gasteiger partial charge in [0.25, 0.3) is 11.2 Å². The van der Waals surface area contributed by atoms with E-state index in [1.54, 1.807) is 0 Å². The molecule has 2 aromatic heterocycles. The Morgan fingerprint density at radius 3 is 2.69 bits per heavy atom. The number of hydrogen-bond acceptors (Lipinski definition) is 6. The number of pyridine rings is 1. The lowest BCUT2D eigenvalue weighted by molar-refractivity contribution is -0.384. The summed E-state index contributed by atoms with van der Waals surface area (Å²) in [6.45, 7) is -0.370. The highest BCUT2D eigenvalue weighted by molar-refractivity contribution is 5.58. The minimum atomic E-state index is -4.77. The number of alkyl halides is 3. The number of non-ortho nitro benzene ring substituents is 1. The fourth-order valence-electron chi connectivity index (χ4n) is 2.22. The quantitative estimate of drug-likeness (QED) is 0.519. The summed E-state index contributed by atoms with van der Waals surface area (Å²) in [5.74, 6) is -0.100. The molecule has 1 aromatic carbocycles. The van der Waals surface area contributed by atoms with Gasteiger partial charge in [0.1, 0.15) is 12.1 Å². The first kappa shape index (κ1) is 17.3. The molecule has 0 aliphatic rings. The van der Waals surface area contributed by atoms with Crippen molar-refractivity contribution < 1.29 is 22.6 Å². The van der Waals surface area contributed by atoms with Crippen molar-refractivity contribution in [2.75, 3.05) is 0 Å². The molecule has 0 amide bonds. The number of halogens is 3. The third-order valence-electron chi connectivity index (χ3n) is 3.41. The molecular formula is C15H9F3N4O4. The lowest BCUT2D eigenvalue weighted by Crippen LogP contribution is -2.28. The van der Waals surface area contributed by atoms with Crippen LogP contribution in [0.3, 0.4) is 0 Å². The number of hydrogen-bond donors (Lipinski definition) is 0. The van der Waals surface area contributed by atoms with Crippen molar-refractivity contribution in [1.29, 1.82) is 0 Å². The van der Waals surface area contributed by atoms with Crippen LogP contribution < -0.4 is 5.56 Å². The molecule has 0 aliphatic carbocycles. The highest BCUT2D eigenvalue weighted by Crippen LogP contribution is 2.26. The third kappa shape index (κ3) is 3.45. The molecule has 0 radical (unpaired) electrons. The number of nitrogens with zero attached hydrogens (tertiary/aromatic N) is 4. The van der Waals surface area contributed by atoms with Crippen LogP contribution in [0.2, 0.25) is 0 Å². The zero-order valence-corrected chi connectivity index (χ0v) is 12.8. The predicted molar refractivity (Wildman–Crippen MR) is 81.2 cm³/mol. The van der Waals surface area contributed by atoms with E-state index in [-0.39, 0.29) is 23.9 Å². The Bertz CT molecular complexity index is 1030. The van der Waals surface area contributed by atoms with E-state index in [1.807, 2.05) is 0 Å². The summed E-state index contributed by atoms with van der Waals surface area (Å²) in [6.07, 6.45) is -3.61. The van der Waals surface area contributed by atoms with Crippen LogP contribution in [0, 0.1) is 10.1 Å². The van der Waals surface area contributed by atoms with Crippen LogP contribution in [-0.4, -0.2) is 19.6 Å². The lowest BCUT2D eigenvalue weighted by atomic mass is 10.2. The molecule has 0 spiro atoms. The molecule has 11 heteroatoms. The van der Waals surface area contributed by atoms with E-state index in [9.17, 15) is 28.1 Å². The molecule has 0 saturated heterocycles. The van der Waals surface area contributed by atoms with Crippen LogP contribution in [0.1, 0.15) is 11.5 Å². The summed E-state index contributed by atoms with van der Waals surface area (Å²) >= 11 is 0. The summed E-state index contributed by atoms with van der Waals surface area (Å²) in [4.78, 5) is 26.1. The SMILES string of the molecule is O=c1c(C(F)(F)F)cccn1Cc1nc(-c2cccc([N+](=O)[O-])c2)no1. The standard InChI is InChI=1S/C15H9F3N4O4/c16-15(17,18)11-5-2-6-21(14(11)23)8-12-19-13(20-26-12)9-3-1-4-10(7-9)22(24)25/h1-7H,8H2. The number of nitro benzene ring substituents is 1. The molecule has 0 aliphatic heterocycles. The van der Waals surface area contributed by atoms with Gasteiger partial charge in [0.2, 0.25) is 11.7 Å². The molecule has 0 N–H and O–H groups in total. The molecule has 3 rings (SSSR count). The van der Waals surface area contributed by atoms with Gasteiger partial charge in [-0.3, -0.25) is 14.9 Å². The van der Waals surface area contributed by atoms with E-state index in [0.29, 0.717) is 11.6 Å². The van der Waals surface area contributed by atoms with Gasteiger partial charge in [-0.25, -0.2) is 0 Å². The summed E-state index contributed by atoms with van der Waals surface area (Å²) in [5, 5.41) is 14.4. The van der Waals surface area contributed by atoms with Crippen molar-refractivity contribution in [3.05, 3.63) is 74.5 Å². The van der Waals surface area contributed by atoms with Crippen molar-refractivity contribution in [3.8, 4) is 11.4 Å². The van der Waals surface area contributed by atoms with Gasteiger partial charge < -0.3 is 9.09 Å². The molecule has 3 aromatic rings. The van der Waals surface area contributed by atoms with E-state index >= 15 is 0 Å². The average Bonchev–Trinajstić information content (AvgIpc) is 3.04.